The number of nitrogens with one attached hydrogen (secondary N) is 1. The van der Waals surface area contributed by atoms with Crippen LogP contribution in [0.25, 0.3) is 0 Å². The second-order valence-electron chi connectivity index (χ2n) is 4.11. The van der Waals surface area contributed by atoms with Crippen LogP contribution in [-0.4, -0.2) is 22.2 Å². The van der Waals surface area contributed by atoms with Crippen molar-refractivity contribution in [3.05, 3.63) is 29.8 Å². The van der Waals surface area contributed by atoms with Gasteiger partial charge in [0.25, 0.3) is 0 Å². The van der Waals surface area contributed by atoms with Gasteiger partial charge in [-0.15, -0.1) is 0 Å². The minimum Gasteiger partial charge on any atom is -0.508 e. The number of rotatable bonds is 5. The first kappa shape index (κ1) is 12.5. The Morgan fingerprint density at radius 1 is 1.31 bits per heavy atom. The highest BCUT2D eigenvalue weighted by molar-refractivity contribution is 5.73. The monoisotopic (exact) mass is 223 g/mol. The van der Waals surface area contributed by atoms with Gasteiger partial charge in [0.15, 0.2) is 0 Å². The molecule has 0 saturated heterocycles. The second-order valence-corrected chi connectivity index (χ2v) is 4.11. The van der Waals surface area contributed by atoms with Gasteiger partial charge in [0.05, 0.1) is 0 Å². The lowest BCUT2D eigenvalue weighted by molar-refractivity contribution is -0.140. The predicted molar refractivity (Wildman–Crippen MR) is 61.2 cm³/mol. The fourth-order valence-corrected chi connectivity index (χ4v) is 1.45. The van der Waals surface area contributed by atoms with Gasteiger partial charge in [0, 0.05) is 6.54 Å². The Hall–Kier alpha value is -1.55. The van der Waals surface area contributed by atoms with E-state index in [1.165, 1.54) is 0 Å². The van der Waals surface area contributed by atoms with Gasteiger partial charge in [-0.3, -0.25) is 4.79 Å². The molecule has 1 aromatic carbocycles. The van der Waals surface area contributed by atoms with Crippen molar-refractivity contribution in [1.82, 2.24) is 5.32 Å². The van der Waals surface area contributed by atoms with Gasteiger partial charge in [-0.25, -0.2) is 0 Å². The summed E-state index contributed by atoms with van der Waals surface area (Å²) in [5, 5.41) is 21.0. The smallest absolute Gasteiger partial charge is 0.320 e. The number of benzene rings is 1. The number of aliphatic carboxylic acids is 1. The molecule has 16 heavy (non-hydrogen) atoms. The predicted octanol–water partition coefficient (Wildman–Crippen LogP) is 1.59. The van der Waals surface area contributed by atoms with E-state index in [1.807, 2.05) is 13.8 Å². The third kappa shape index (κ3) is 3.55. The molecule has 0 saturated carbocycles. The third-order valence-electron chi connectivity index (χ3n) is 2.40. The standard InChI is InChI=1S/C12H17NO3/c1-8(2)11(12(15)16)13-7-9-3-5-10(14)6-4-9/h3-6,8,11,13-14H,7H2,1-2H3,(H,15,16). The van der Waals surface area contributed by atoms with Crippen molar-refractivity contribution in [2.45, 2.75) is 26.4 Å². The summed E-state index contributed by atoms with van der Waals surface area (Å²) in [6.45, 7) is 4.21. The van der Waals surface area contributed by atoms with E-state index in [0.29, 0.717) is 6.54 Å². The summed E-state index contributed by atoms with van der Waals surface area (Å²) in [7, 11) is 0. The van der Waals surface area contributed by atoms with Crippen LogP contribution in [0.4, 0.5) is 0 Å². The number of hydrogen-bond donors (Lipinski definition) is 3. The number of carboxylic acid groups (broad SMARTS) is 1. The summed E-state index contributed by atoms with van der Waals surface area (Å²) in [5.41, 5.74) is 0.949. The van der Waals surface area contributed by atoms with Gasteiger partial charge in [0.1, 0.15) is 11.8 Å². The Morgan fingerprint density at radius 3 is 2.31 bits per heavy atom. The molecule has 0 amide bonds. The van der Waals surface area contributed by atoms with Crippen molar-refractivity contribution in [1.29, 1.82) is 0 Å². The van der Waals surface area contributed by atoms with E-state index in [-0.39, 0.29) is 11.7 Å². The van der Waals surface area contributed by atoms with Crippen molar-refractivity contribution in [3.8, 4) is 5.75 Å². The number of carbonyl (C=O) groups is 1. The molecule has 88 valence electrons. The second kappa shape index (κ2) is 5.51. The number of hydrogen-bond acceptors (Lipinski definition) is 3. The SMILES string of the molecule is CC(C)C(NCc1ccc(O)cc1)C(=O)O. The molecule has 1 unspecified atom stereocenters. The summed E-state index contributed by atoms with van der Waals surface area (Å²) >= 11 is 0. The zero-order chi connectivity index (χ0) is 12.1. The normalized spacial score (nSPS) is 12.7. The first-order valence-electron chi connectivity index (χ1n) is 5.25. The molecule has 0 radical (unpaired) electrons. The van der Waals surface area contributed by atoms with Crippen LogP contribution in [0, 0.1) is 5.92 Å². The highest BCUT2D eigenvalue weighted by Crippen LogP contribution is 2.10. The minimum absolute atomic E-state index is 0.0367. The fourth-order valence-electron chi connectivity index (χ4n) is 1.45. The molecule has 0 fully saturated rings. The van der Waals surface area contributed by atoms with E-state index in [9.17, 15) is 4.79 Å². The number of aromatic hydroxyl groups is 1. The average molecular weight is 223 g/mol. The van der Waals surface area contributed by atoms with E-state index in [0.717, 1.165) is 5.56 Å². The maximum Gasteiger partial charge on any atom is 0.320 e. The van der Waals surface area contributed by atoms with Crippen LogP contribution in [0.15, 0.2) is 24.3 Å². The van der Waals surface area contributed by atoms with Gasteiger partial charge >= 0.3 is 5.97 Å². The number of phenolic OH excluding ortho intramolecular Hbond substituents is 1. The number of phenols is 1. The van der Waals surface area contributed by atoms with Crippen LogP contribution in [-0.2, 0) is 11.3 Å². The molecular formula is C12H17NO3. The van der Waals surface area contributed by atoms with Crippen LogP contribution >= 0.6 is 0 Å². The van der Waals surface area contributed by atoms with Gasteiger partial charge < -0.3 is 15.5 Å². The molecule has 0 spiro atoms. The van der Waals surface area contributed by atoms with Crippen LogP contribution in [0.1, 0.15) is 19.4 Å². The molecule has 1 atom stereocenters. The molecule has 0 aliphatic heterocycles. The highest BCUT2D eigenvalue weighted by Gasteiger charge is 2.20. The maximum absolute atomic E-state index is 10.9. The quantitative estimate of drug-likeness (QED) is 0.709. The van der Waals surface area contributed by atoms with E-state index in [4.69, 9.17) is 10.2 Å². The molecule has 1 aromatic rings. The lowest BCUT2D eigenvalue weighted by atomic mass is 10.0. The Morgan fingerprint density at radius 2 is 1.88 bits per heavy atom. The zero-order valence-electron chi connectivity index (χ0n) is 9.47. The molecular weight excluding hydrogens is 206 g/mol. The summed E-state index contributed by atoms with van der Waals surface area (Å²) in [6, 6.07) is 6.15. The van der Waals surface area contributed by atoms with E-state index >= 15 is 0 Å². The molecule has 0 aliphatic carbocycles. The number of carboxylic acids is 1. The molecule has 0 heterocycles. The molecule has 3 N–H and O–H groups in total. The zero-order valence-corrected chi connectivity index (χ0v) is 9.47. The molecule has 1 rings (SSSR count). The first-order chi connectivity index (χ1) is 7.50. The van der Waals surface area contributed by atoms with Crippen LogP contribution in [0.3, 0.4) is 0 Å². The molecule has 4 nitrogen and oxygen atoms in total. The Kier molecular flexibility index (Phi) is 4.31. The fraction of sp³-hybridized carbons (Fsp3) is 0.417. The lowest BCUT2D eigenvalue weighted by Crippen LogP contribution is -2.40. The van der Waals surface area contributed by atoms with E-state index < -0.39 is 12.0 Å². The summed E-state index contributed by atoms with van der Waals surface area (Å²) < 4.78 is 0. The van der Waals surface area contributed by atoms with E-state index in [1.54, 1.807) is 24.3 Å². The Labute approximate surface area is 94.9 Å². The average Bonchev–Trinajstić information content (AvgIpc) is 2.20. The lowest BCUT2D eigenvalue weighted by Gasteiger charge is -2.17. The van der Waals surface area contributed by atoms with Crippen molar-refractivity contribution in [2.24, 2.45) is 5.92 Å². The van der Waals surface area contributed by atoms with Gasteiger partial charge in [-0.2, -0.15) is 0 Å². The van der Waals surface area contributed by atoms with Gasteiger partial charge in [0.2, 0.25) is 0 Å². The molecule has 0 aromatic heterocycles. The summed E-state index contributed by atoms with van der Waals surface area (Å²) in [6.07, 6.45) is 0. The Balaban J connectivity index is 2.55. The summed E-state index contributed by atoms with van der Waals surface area (Å²) in [5.74, 6) is -0.592. The maximum atomic E-state index is 10.9. The van der Waals surface area contributed by atoms with Crippen molar-refractivity contribution in [3.63, 3.8) is 0 Å². The topological polar surface area (TPSA) is 69.6 Å². The van der Waals surface area contributed by atoms with Crippen LogP contribution in [0.5, 0.6) is 5.75 Å². The van der Waals surface area contributed by atoms with Crippen molar-refractivity contribution >= 4 is 5.97 Å². The molecule has 4 heteroatoms. The van der Waals surface area contributed by atoms with Gasteiger partial charge in [-0.05, 0) is 23.6 Å². The van der Waals surface area contributed by atoms with Gasteiger partial charge in [-0.1, -0.05) is 26.0 Å². The first-order valence-corrected chi connectivity index (χ1v) is 5.25. The minimum atomic E-state index is -0.839. The van der Waals surface area contributed by atoms with Crippen molar-refractivity contribution < 1.29 is 15.0 Å². The van der Waals surface area contributed by atoms with E-state index in [2.05, 4.69) is 5.32 Å². The van der Waals surface area contributed by atoms with Crippen LogP contribution < -0.4 is 5.32 Å². The molecule has 0 bridgehead atoms. The third-order valence-corrected chi connectivity index (χ3v) is 2.40. The van der Waals surface area contributed by atoms with Crippen molar-refractivity contribution in [2.75, 3.05) is 0 Å². The Bertz CT molecular complexity index is 346. The molecule has 0 aliphatic rings. The largest absolute Gasteiger partial charge is 0.508 e. The van der Waals surface area contributed by atoms with Crippen LogP contribution in [0.2, 0.25) is 0 Å². The summed E-state index contributed by atoms with van der Waals surface area (Å²) in [4.78, 5) is 10.9. The highest BCUT2D eigenvalue weighted by atomic mass is 16.4.